The molecule has 4 nitrogen and oxygen atoms in total. The molecule has 0 bridgehead atoms. The fourth-order valence-electron chi connectivity index (χ4n) is 1.23. The largest absolute Gasteiger partial charge is 0.497 e. The van der Waals surface area contributed by atoms with Gasteiger partial charge in [-0.25, -0.2) is 4.79 Å². The highest BCUT2D eigenvalue weighted by Gasteiger charge is 2.27. The number of alkyl halides is 3. The number of hydrogen-bond donors (Lipinski definition) is 1. The second kappa shape index (κ2) is 6.55. The molecule has 0 atom stereocenters. The lowest BCUT2D eigenvalue weighted by atomic mass is 10.2. The van der Waals surface area contributed by atoms with Crippen LogP contribution in [0.15, 0.2) is 18.2 Å². The Balaban J connectivity index is 2.67. The number of methoxy groups -OCH3 is 1. The lowest BCUT2D eigenvalue weighted by molar-refractivity contribution is -0.0329. The fraction of sp³-hybridized carbons (Fsp3) is 0.364. The molecular weight excluding hydrogens is 285 g/mol. The average molecular weight is 296 g/mol. The smallest absolute Gasteiger partial charge is 0.441 e. The number of hydrogen-bond acceptors (Lipinski definition) is 4. The lowest BCUT2D eigenvalue weighted by Gasteiger charge is -2.11. The van der Waals surface area contributed by atoms with Gasteiger partial charge in [-0.15, -0.1) is 0 Å². The van der Waals surface area contributed by atoms with Crippen molar-refractivity contribution in [3.05, 3.63) is 23.8 Å². The number of benzene rings is 1. The Morgan fingerprint density at radius 2 is 2.11 bits per heavy atom. The molecule has 0 aliphatic carbocycles. The molecule has 0 radical (unpaired) electrons. The van der Waals surface area contributed by atoms with Crippen LogP contribution >= 0.6 is 11.8 Å². The summed E-state index contributed by atoms with van der Waals surface area (Å²) in [6, 6.07) is 4.02. The van der Waals surface area contributed by atoms with Gasteiger partial charge < -0.3 is 14.6 Å². The number of carbonyl (C=O) groups is 1. The zero-order chi connectivity index (χ0) is 14.5. The molecule has 0 aromatic heterocycles. The maximum absolute atomic E-state index is 11.9. The minimum atomic E-state index is -4.33. The van der Waals surface area contributed by atoms with Gasteiger partial charge in [-0.05, 0) is 23.9 Å². The van der Waals surface area contributed by atoms with E-state index in [2.05, 4.69) is 0 Å². The minimum Gasteiger partial charge on any atom is -0.497 e. The molecule has 0 heterocycles. The molecule has 1 N–H and O–H groups in total. The average Bonchev–Trinajstić information content (AvgIpc) is 2.33. The van der Waals surface area contributed by atoms with E-state index >= 15 is 0 Å². The van der Waals surface area contributed by atoms with E-state index in [-0.39, 0.29) is 35.4 Å². The summed E-state index contributed by atoms with van der Waals surface area (Å²) in [5.74, 6) is -1.20. The number of ether oxygens (including phenoxy) is 2. The number of carboxylic acids is 1. The SMILES string of the molecule is COc1ccc(C(=O)O)c(OCCSC(F)(F)F)c1. The molecule has 1 aromatic carbocycles. The van der Waals surface area contributed by atoms with Crippen molar-refractivity contribution in [1.29, 1.82) is 0 Å². The van der Waals surface area contributed by atoms with Gasteiger partial charge in [0.2, 0.25) is 0 Å². The van der Waals surface area contributed by atoms with Crippen LogP contribution in [0.2, 0.25) is 0 Å². The molecule has 8 heteroatoms. The highest BCUT2D eigenvalue weighted by Crippen LogP contribution is 2.30. The quantitative estimate of drug-likeness (QED) is 0.818. The Labute approximate surface area is 111 Å². The van der Waals surface area contributed by atoms with E-state index in [9.17, 15) is 18.0 Å². The summed E-state index contributed by atoms with van der Waals surface area (Å²) >= 11 is -0.227. The molecule has 1 aromatic rings. The van der Waals surface area contributed by atoms with Crippen molar-refractivity contribution in [1.82, 2.24) is 0 Å². The second-order valence-corrected chi connectivity index (χ2v) is 4.47. The van der Waals surface area contributed by atoms with Crippen molar-refractivity contribution >= 4 is 17.7 Å². The third-order valence-electron chi connectivity index (χ3n) is 2.03. The number of halogens is 3. The number of aromatic carboxylic acids is 1. The molecule has 0 saturated heterocycles. The third kappa shape index (κ3) is 5.29. The van der Waals surface area contributed by atoms with E-state index in [1.807, 2.05) is 0 Å². The summed E-state index contributed by atoms with van der Waals surface area (Å²) in [5, 5.41) is 8.91. The topological polar surface area (TPSA) is 55.8 Å². The fourth-order valence-corrected chi connectivity index (χ4v) is 1.63. The Morgan fingerprint density at radius 1 is 1.42 bits per heavy atom. The highest BCUT2D eigenvalue weighted by atomic mass is 32.2. The minimum absolute atomic E-state index is 0.0189. The van der Waals surface area contributed by atoms with Crippen LogP contribution in [0.3, 0.4) is 0 Å². The molecule has 1 rings (SSSR count). The summed E-state index contributed by atoms with van der Waals surface area (Å²) in [6.45, 7) is -0.252. The number of thioether (sulfide) groups is 1. The summed E-state index contributed by atoms with van der Waals surface area (Å²) < 4.78 is 45.6. The summed E-state index contributed by atoms with van der Waals surface area (Å²) in [6.07, 6.45) is 0. The summed E-state index contributed by atoms with van der Waals surface area (Å²) in [5.41, 5.74) is -4.45. The zero-order valence-corrected chi connectivity index (χ0v) is 10.7. The Kier molecular flexibility index (Phi) is 5.34. The first-order valence-corrected chi connectivity index (χ1v) is 6.07. The second-order valence-electron chi connectivity index (χ2n) is 3.31. The van der Waals surface area contributed by atoms with Gasteiger partial charge in [0.25, 0.3) is 0 Å². The van der Waals surface area contributed by atoms with Crippen LogP contribution in [0.4, 0.5) is 13.2 Å². The monoisotopic (exact) mass is 296 g/mol. The van der Waals surface area contributed by atoms with E-state index in [1.54, 1.807) is 0 Å². The van der Waals surface area contributed by atoms with Crippen LogP contribution in [0, 0.1) is 0 Å². The van der Waals surface area contributed by atoms with Gasteiger partial charge in [-0.1, -0.05) is 0 Å². The van der Waals surface area contributed by atoms with Crippen molar-refractivity contribution in [3.63, 3.8) is 0 Å². The van der Waals surface area contributed by atoms with Crippen LogP contribution in [-0.4, -0.2) is 36.1 Å². The van der Waals surface area contributed by atoms with Crippen LogP contribution in [0.5, 0.6) is 11.5 Å². The van der Waals surface area contributed by atoms with Gasteiger partial charge in [0.15, 0.2) is 0 Å². The van der Waals surface area contributed by atoms with Crippen molar-refractivity contribution in [2.45, 2.75) is 5.51 Å². The van der Waals surface area contributed by atoms with Gasteiger partial charge in [0, 0.05) is 11.8 Å². The standard InChI is InChI=1S/C11H11F3O4S/c1-17-7-2-3-8(10(15)16)9(6-7)18-4-5-19-11(12,13)14/h2-3,6H,4-5H2,1H3,(H,15,16). The van der Waals surface area contributed by atoms with Gasteiger partial charge in [-0.3, -0.25) is 0 Å². The number of rotatable bonds is 6. The van der Waals surface area contributed by atoms with Crippen molar-refractivity contribution in [2.24, 2.45) is 0 Å². The predicted octanol–water partition coefficient (Wildman–Crippen LogP) is 3.03. The maximum Gasteiger partial charge on any atom is 0.441 e. The molecule has 0 unspecified atom stereocenters. The van der Waals surface area contributed by atoms with E-state index in [4.69, 9.17) is 14.6 Å². The molecule has 0 amide bonds. The highest BCUT2D eigenvalue weighted by molar-refractivity contribution is 8.00. The first-order chi connectivity index (χ1) is 8.83. The molecule has 0 fully saturated rings. The van der Waals surface area contributed by atoms with Crippen molar-refractivity contribution < 1.29 is 32.5 Å². The number of carboxylic acid groups (broad SMARTS) is 1. The summed E-state index contributed by atoms with van der Waals surface area (Å²) in [7, 11) is 1.39. The molecule has 0 aliphatic heterocycles. The lowest BCUT2D eigenvalue weighted by Crippen LogP contribution is -2.09. The van der Waals surface area contributed by atoms with E-state index in [0.717, 1.165) is 0 Å². The van der Waals surface area contributed by atoms with Crippen LogP contribution < -0.4 is 9.47 Å². The first kappa shape index (κ1) is 15.5. The van der Waals surface area contributed by atoms with Crippen LogP contribution in [0.1, 0.15) is 10.4 Å². The van der Waals surface area contributed by atoms with Crippen molar-refractivity contribution in [3.8, 4) is 11.5 Å². The summed E-state index contributed by atoms with van der Waals surface area (Å²) in [4.78, 5) is 10.9. The molecular formula is C11H11F3O4S. The molecule has 0 saturated carbocycles. The third-order valence-corrected chi connectivity index (χ3v) is 2.72. The maximum atomic E-state index is 11.9. The normalized spacial score (nSPS) is 11.2. The van der Waals surface area contributed by atoms with E-state index in [0.29, 0.717) is 5.75 Å². The van der Waals surface area contributed by atoms with E-state index in [1.165, 1.54) is 25.3 Å². The molecule has 0 aliphatic rings. The van der Waals surface area contributed by atoms with Crippen LogP contribution in [-0.2, 0) is 0 Å². The van der Waals surface area contributed by atoms with Gasteiger partial charge in [-0.2, -0.15) is 13.2 Å². The Hall–Kier alpha value is -1.57. The van der Waals surface area contributed by atoms with Crippen LogP contribution in [0.25, 0.3) is 0 Å². The zero-order valence-electron chi connectivity index (χ0n) is 9.86. The first-order valence-electron chi connectivity index (χ1n) is 5.08. The van der Waals surface area contributed by atoms with Gasteiger partial charge in [0.05, 0.1) is 13.7 Å². The molecule has 19 heavy (non-hydrogen) atoms. The Morgan fingerprint density at radius 3 is 2.63 bits per heavy atom. The molecule has 0 spiro atoms. The molecule has 106 valence electrons. The predicted molar refractivity (Wildman–Crippen MR) is 64.0 cm³/mol. The van der Waals surface area contributed by atoms with E-state index < -0.39 is 11.5 Å². The van der Waals surface area contributed by atoms with Gasteiger partial charge in [0.1, 0.15) is 17.1 Å². The van der Waals surface area contributed by atoms with Crippen molar-refractivity contribution in [2.75, 3.05) is 19.5 Å². The van der Waals surface area contributed by atoms with Gasteiger partial charge >= 0.3 is 11.5 Å². The Bertz CT molecular complexity index is 448.